The van der Waals surface area contributed by atoms with Crippen LogP contribution in [0.4, 0.5) is 0 Å². The summed E-state index contributed by atoms with van der Waals surface area (Å²) in [5, 5.41) is 9.15. The van der Waals surface area contributed by atoms with Gasteiger partial charge < -0.3 is 4.74 Å². The van der Waals surface area contributed by atoms with Crippen LogP contribution in [-0.2, 0) is 19.6 Å². The molecule has 0 unspecified atom stereocenters. The fraction of sp³-hybridized carbons (Fsp3) is 0.286. The van der Waals surface area contributed by atoms with Crippen molar-refractivity contribution in [2.24, 2.45) is 0 Å². The van der Waals surface area contributed by atoms with Crippen LogP contribution in [0.5, 0.6) is 0 Å². The Kier molecular flexibility index (Phi) is 6.83. The van der Waals surface area contributed by atoms with Crippen molar-refractivity contribution in [3.05, 3.63) is 53.6 Å². The Morgan fingerprint density at radius 1 is 1.10 bits per heavy atom. The summed E-state index contributed by atoms with van der Waals surface area (Å²) in [6.07, 6.45) is 0. The van der Waals surface area contributed by atoms with E-state index in [-0.39, 0.29) is 16.6 Å². The number of ether oxygens (including phenoxy) is 1. The lowest BCUT2D eigenvalue weighted by atomic mass is 10.1. The van der Waals surface area contributed by atoms with Crippen LogP contribution >= 0.6 is 11.8 Å². The zero-order valence-corrected chi connectivity index (χ0v) is 19.6. The second-order valence-corrected chi connectivity index (χ2v) is 10.2. The fourth-order valence-electron chi connectivity index (χ4n) is 3.10. The number of para-hydroxylation sites is 1. The molecule has 0 fully saturated rings. The molecule has 8 nitrogen and oxygen atoms in total. The quantitative estimate of drug-likeness (QED) is 0.395. The summed E-state index contributed by atoms with van der Waals surface area (Å²) in [7, 11) is 0.702. The minimum atomic E-state index is -3.61. The van der Waals surface area contributed by atoms with Gasteiger partial charge in [0.25, 0.3) is 0 Å². The molecule has 164 valence electrons. The van der Waals surface area contributed by atoms with Crippen LogP contribution in [0, 0.1) is 13.8 Å². The summed E-state index contributed by atoms with van der Waals surface area (Å²) in [5.74, 6) is 0.191. The number of esters is 1. The second kappa shape index (κ2) is 9.21. The number of sulfonamides is 1. The molecule has 0 aliphatic heterocycles. The molecule has 0 saturated carbocycles. The Balaban J connectivity index is 2.20. The van der Waals surface area contributed by atoms with Crippen molar-refractivity contribution in [3.63, 3.8) is 0 Å². The molecule has 0 radical (unpaired) electrons. The standard InChI is InChI=1S/C21H24N4O4S2/c1-14-8-6-9-15(2)19(14)25-20(22-23-21(25)30-13-18(26)29-5)16-10-7-11-17(12-16)31(27,28)24(3)4/h6-12H,13H2,1-5H3. The number of aryl methyl sites for hydroxylation is 2. The number of benzene rings is 2. The maximum absolute atomic E-state index is 12.6. The largest absolute Gasteiger partial charge is 0.468 e. The van der Waals surface area contributed by atoms with E-state index in [1.807, 2.05) is 36.6 Å². The molecule has 31 heavy (non-hydrogen) atoms. The third kappa shape index (κ3) is 4.65. The second-order valence-electron chi connectivity index (χ2n) is 7.06. The number of hydrogen-bond donors (Lipinski definition) is 0. The highest BCUT2D eigenvalue weighted by Gasteiger charge is 2.22. The van der Waals surface area contributed by atoms with Gasteiger partial charge in [-0.25, -0.2) is 12.7 Å². The molecule has 0 amide bonds. The minimum absolute atomic E-state index is 0.0780. The molecular formula is C21H24N4O4S2. The van der Waals surface area contributed by atoms with Gasteiger partial charge in [0.15, 0.2) is 11.0 Å². The maximum Gasteiger partial charge on any atom is 0.316 e. The number of nitrogens with zero attached hydrogens (tertiary/aromatic N) is 4. The van der Waals surface area contributed by atoms with Crippen molar-refractivity contribution in [2.45, 2.75) is 23.9 Å². The predicted molar refractivity (Wildman–Crippen MR) is 120 cm³/mol. The van der Waals surface area contributed by atoms with Gasteiger partial charge in [-0.3, -0.25) is 9.36 Å². The van der Waals surface area contributed by atoms with Gasteiger partial charge in [0, 0.05) is 19.7 Å². The average Bonchev–Trinajstić information content (AvgIpc) is 3.15. The van der Waals surface area contributed by atoms with Crippen LogP contribution in [0.15, 0.2) is 52.5 Å². The van der Waals surface area contributed by atoms with Crippen LogP contribution < -0.4 is 0 Å². The Labute approximate surface area is 186 Å². The number of carbonyl (C=O) groups excluding carboxylic acids is 1. The predicted octanol–water partition coefficient (Wildman–Crippen LogP) is 3.07. The number of hydrogen-bond acceptors (Lipinski definition) is 7. The first-order valence-electron chi connectivity index (χ1n) is 9.41. The van der Waals surface area contributed by atoms with Crippen LogP contribution in [0.25, 0.3) is 17.1 Å². The molecule has 10 heteroatoms. The normalized spacial score (nSPS) is 11.7. The SMILES string of the molecule is COC(=O)CSc1nnc(-c2cccc(S(=O)(=O)N(C)C)c2)n1-c1c(C)cccc1C. The molecule has 0 aliphatic rings. The lowest BCUT2D eigenvalue weighted by molar-refractivity contribution is -0.137. The van der Waals surface area contributed by atoms with E-state index in [1.54, 1.807) is 24.3 Å². The monoisotopic (exact) mass is 460 g/mol. The molecule has 0 aliphatic carbocycles. The van der Waals surface area contributed by atoms with Crippen LogP contribution in [0.3, 0.4) is 0 Å². The first-order chi connectivity index (χ1) is 14.7. The Morgan fingerprint density at radius 3 is 2.35 bits per heavy atom. The van der Waals surface area contributed by atoms with Crippen molar-refractivity contribution in [3.8, 4) is 17.1 Å². The van der Waals surface area contributed by atoms with Gasteiger partial charge in [-0.15, -0.1) is 10.2 Å². The lowest BCUT2D eigenvalue weighted by Crippen LogP contribution is -2.22. The Hall–Kier alpha value is -2.69. The Bertz CT molecular complexity index is 1200. The molecule has 0 spiro atoms. The van der Waals surface area contributed by atoms with Gasteiger partial charge in [0.05, 0.1) is 23.4 Å². The Morgan fingerprint density at radius 2 is 1.74 bits per heavy atom. The van der Waals surface area contributed by atoms with Crippen molar-refractivity contribution in [1.29, 1.82) is 0 Å². The molecule has 2 aromatic carbocycles. The van der Waals surface area contributed by atoms with E-state index in [9.17, 15) is 13.2 Å². The summed E-state index contributed by atoms with van der Waals surface area (Å²) in [6, 6.07) is 12.5. The smallest absolute Gasteiger partial charge is 0.316 e. The molecule has 0 bridgehead atoms. The zero-order chi connectivity index (χ0) is 22.8. The van der Waals surface area contributed by atoms with Gasteiger partial charge in [0.2, 0.25) is 10.0 Å². The summed E-state index contributed by atoms with van der Waals surface area (Å²) >= 11 is 1.21. The van der Waals surface area contributed by atoms with Crippen LogP contribution in [0.1, 0.15) is 11.1 Å². The third-order valence-corrected chi connectivity index (χ3v) is 7.43. The number of carbonyl (C=O) groups is 1. The van der Waals surface area contributed by atoms with E-state index in [1.165, 1.54) is 37.3 Å². The summed E-state index contributed by atoms with van der Waals surface area (Å²) in [6.45, 7) is 3.96. The van der Waals surface area contributed by atoms with Crippen LogP contribution in [0.2, 0.25) is 0 Å². The topological polar surface area (TPSA) is 94.4 Å². The fourth-order valence-corrected chi connectivity index (χ4v) is 4.82. The molecule has 0 atom stereocenters. The first-order valence-corrected chi connectivity index (χ1v) is 11.8. The molecule has 0 saturated heterocycles. The van der Waals surface area contributed by atoms with E-state index >= 15 is 0 Å². The van der Waals surface area contributed by atoms with Gasteiger partial charge in [-0.2, -0.15) is 0 Å². The summed E-state index contributed by atoms with van der Waals surface area (Å²) < 4.78 is 33.0. The molecule has 1 aromatic heterocycles. The number of methoxy groups -OCH3 is 1. The van der Waals surface area contributed by atoms with Crippen molar-refractivity contribution < 1.29 is 17.9 Å². The highest BCUT2D eigenvalue weighted by molar-refractivity contribution is 7.99. The van der Waals surface area contributed by atoms with Gasteiger partial charge in [-0.1, -0.05) is 42.1 Å². The number of rotatable bonds is 7. The summed E-state index contributed by atoms with van der Waals surface area (Å²) in [4.78, 5) is 11.9. The molecule has 3 aromatic rings. The number of thioether (sulfide) groups is 1. The van der Waals surface area contributed by atoms with E-state index in [0.29, 0.717) is 16.5 Å². The van der Waals surface area contributed by atoms with E-state index in [0.717, 1.165) is 16.8 Å². The molecule has 0 N–H and O–H groups in total. The minimum Gasteiger partial charge on any atom is -0.468 e. The molecule has 1 heterocycles. The first kappa shape index (κ1) is 23.0. The van der Waals surface area contributed by atoms with Crippen molar-refractivity contribution in [2.75, 3.05) is 27.0 Å². The van der Waals surface area contributed by atoms with Gasteiger partial charge >= 0.3 is 5.97 Å². The number of aromatic nitrogens is 3. The zero-order valence-electron chi connectivity index (χ0n) is 18.0. The van der Waals surface area contributed by atoms with Crippen molar-refractivity contribution in [1.82, 2.24) is 19.1 Å². The van der Waals surface area contributed by atoms with Gasteiger partial charge in [0.1, 0.15) is 0 Å². The highest BCUT2D eigenvalue weighted by Crippen LogP contribution is 2.32. The van der Waals surface area contributed by atoms with Gasteiger partial charge in [-0.05, 0) is 37.1 Å². The molecular weight excluding hydrogens is 436 g/mol. The van der Waals surface area contributed by atoms with Crippen LogP contribution in [-0.4, -0.2) is 60.4 Å². The lowest BCUT2D eigenvalue weighted by Gasteiger charge is -2.16. The van der Waals surface area contributed by atoms with Crippen molar-refractivity contribution >= 4 is 27.8 Å². The van der Waals surface area contributed by atoms with E-state index in [4.69, 9.17) is 4.74 Å². The summed E-state index contributed by atoms with van der Waals surface area (Å²) in [5.41, 5.74) is 3.48. The molecule has 3 rings (SSSR count). The third-order valence-electron chi connectivity index (χ3n) is 4.71. The van der Waals surface area contributed by atoms with E-state index < -0.39 is 10.0 Å². The highest BCUT2D eigenvalue weighted by atomic mass is 32.2. The van der Waals surface area contributed by atoms with E-state index in [2.05, 4.69) is 10.2 Å². The average molecular weight is 461 g/mol. The maximum atomic E-state index is 12.6.